The summed E-state index contributed by atoms with van der Waals surface area (Å²) in [6.07, 6.45) is 5.63. The molecule has 3 rings (SSSR count). The highest BCUT2D eigenvalue weighted by molar-refractivity contribution is 6.32. The minimum atomic E-state index is -0.290. The summed E-state index contributed by atoms with van der Waals surface area (Å²) in [6.45, 7) is 0.587. The molecule has 24 heavy (non-hydrogen) atoms. The van der Waals surface area contributed by atoms with E-state index in [1.807, 2.05) is 30.3 Å². The van der Waals surface area contributed by atoms with Gasteiger partial charge in [-0.15, -0.1) is 0 Å². The number of anilines is 1. The van der Waals surface area contributed by atoms with Gasteiger partial charge in [-0.25, -0.2) is 4.68 Å². The van der Waals surface area contributed by atoms with Gasteiger partial charge in [-0.05, 0) is 30.7 Å². The van der Waals surface area contributed by atoms with Crippen molar-refractivity contribution in [3.05, 3.63) is 57.5 Å². The molecule has 0 amide bonds. The second kappa shape index (κ2) is 7.81. The molecule has 128 valence electrons. The molecule has 0 spiro atoms. The van der Waals surface area contributed by atoms with Gasteiger partial charge in [-0.1, -0.05) is 48.4 Å². The number of benzene rings is 1. The van der Waals surface area contributed by atoms with Crippen molar-refractivity contribution >= 4 is 17.3 Å². The van der Waals surface area contributed by atoms with Crippen LogP contribution in [0.5, 0.6) is 0 Å². The lowest BCUT2D eigenvalue weighted by atomic mass is 10.00. The van der Waals surface area contributed by atoms with Gasteiger partial charge in [-0.3, -0.25) is 4.79 Å². The fourth-order valence-corrected chi connectivity index (χ4v) is 3.57. The Kier molecular flexibility index (Phi) is 5.53. The number of aromatic nitrogens is 2. The van der Waals surface area contributed by atoms with Gasteiger partial charge >= 0.3 is 0 Å². The molecule has 1 saturated carbocycles. The first-order valence-corrected chi connectivity index (χ1v) is 8.73. The summed E-state index contributed by atoms with van der Waals surface area (Å²) in [5.74, 6) is 0.415. The summed E-state index contributed by atoms with van der Waals surface area (Å²) >= 11 is 6.28. The van der Waals surface area contributed by atoms with Crippen LogP contribution in [-0.4, -0.2) is 27.5 Å². The number of hydrogen-bond donors (Lipinski definition) is 2. The van der Waals surface area contributed by atoms with Crippen LogP contribution in [-0.2, 0) is 6.54 Å². The molecule has 1 heterocycles. The zero-order chi connectivity index (χ0) is 16.9. The summed E-state index contributed by atoms with van der Waals surface area (Å²) in [5, 5.41) is 17.0. The predicted molar refractivity (Wildman–Crippen MR) is 95.5 cm³/mol. The maximum atomic E-state index is 12.5. The van der Waals surface area contributed by atoms with Crippen molar-refractivity contribution in [2.45, 2.75) is 38.3 Å². The van der Waals surface area contributed by atoms with Crippen LogP contribution in [0.25, 0.3) is 0 Å². The second-order valence-corrected chi connectivity index (χ2v) is 6.65. The first kappa shape index (κ1) is 17.0. The van der Waals surface area contributed by atoms with E-state index in [9.17, 15) is 4.79 Å². The molecule has 1 fully saturated rings. The Morgan fingerprint density at radius 3 is 2.83 bits per heavy atom. The lowest BCUT2D eigenvalue weighted by molar-refractivity contribution is 0.254. The summed E-state index contributed by atoms with van der Waals surface area (Å²) in [7, 11) is 0. The zero-order valence-electron chi connectivity index (χ0n) is 13.5. The van der Waals surface area contributed by atoms with Gasteiger partial charge in [0.1, 0.15) is 5.02 Å². The Balaban J connectivity index is 1.76. The van der Waals surface area contributed by atoms with Crippen molar-refractivity contribution in [2.75, 3.05) is 11.9 Å². The third-order valence-corrected chi connectivity index (χ3v) is 5.03. The van der Waals surface area contributed by atoms with Crippen molar-refractivity contribution in [3.63, 3.8) is 0 Å². The molecule has 0 bridgehead atoms. The maximum Gasteiger partial charge on any atom is 0.287 e. The lowest BCUT2D eigenvalue weighted by Gasteiger charge is -2.22. The van der Waals surface area contributed by atoms with Crippen molar-refractivity contribution in [1.29, 1.82) is 0 Å². The van der Waals surface area contributed by atoms with E-state index in [0.717, 1.165) is 31.2 Å². The smallest absolute Gasteiger partial charge is 0.287 e. The highest BCUT2D eigenvalue weighted by Gasteiger charge is 2.27. The first-order chi connectivity index (χ1) is 11.7. The summed E-state index contributed by atoms with van der Waals surface area (Å²) in [6, 6.07) is 9.93. The van der Waals surface area contributed by atoms with E-state index >= 15 is 0 Å². The van der Waals surface area contributed by atoms with Crippen molar-refractivity contribution in [2.24, 2.45) is 5.92 Å². The van der Waals surface area contributed by atoms with Gasteiger partial charge in [0.2, 0.25) is 0 Å². The Morgan fingerprint density at radius 2 is 2.08 bits per heavy atom. The van der Waals surface area contributed by atoms with Crippen LogP contribution in [0.1, 0.15) is 31.2 Å². The first-order valence-electron chi connectivity index (χ1n) is 8.36. The number of rotatable bonds is 6. The Hall–Kier alpha value is -1.85. The monoisotopic (exact) mass is 347 g/mol. The minimum Gasteiger partial charge on any atom is -0.396 e. The number of nitrogens with one attached hydrogen (secondary N) is 1. The largest absolute Gasteiger partial charge is 0.396 e. The summed E-state index contributed by atoms with van der Waals surface area (Å²) in [4.78, 5) is 12.5. The summed E-state index contributed by atoms with van der Waals surface area (Å²) < 4.78 is 1.38. The van der Waals surface area contributed by atoms with Crippen molar-refractivity contribution in [1.82, 2.24) is 9.78 Å². The highest BCUT2D eigenvalue weighted by atomic mass is 35.5. The molecule has 6 heteroatoms. The topological polar surface area (TPSA) is 67.2 Å². The molecule has 1 aromatic carbocycles. The number of hydrogen-bond acceptors (Lipinski definition) is 4. The Bertz CT molecular complexity index is 733. The normalized spacial score (nSPS) is 20.2. The quantitative estimate of drug-likeness (QED) is 0.843. The molecular formula is C18H22ClN3O2. The number of aliphatic hydroxyl groups is 1. The van der Waals surface area contributed by atoms with Gasteiger partial charge in [-0.2, -0.15) is 5.10 Å². The van der Waals surface area contributed by atoms with Crippen LogP contribution >= 0.6 is 11.6 Å². The Morgan fingerprint density at radius 1 is 1.29 bits per heavy atom. The molecule has 0 aliphatic heterocycles. The summed E-state index contributed by atoms with van der Waals surface area (Å²) in [5.41, 5.74) is 1.30. The van der Waals surface area contributed by atoms with Crippen LogP contribution in [0.4, 0.5) is 5.69 Å². The average Bonchev–Trinajstić information content (AvgIpc) is 3.03. The van der Waals surface area contributed by atoms with Crippen LogP contribution in [0.3, 0.4) is 0 Å². The molecule has 1 aromatic heterocycles. The van der Waals surface area contributed by atoms with Gasteiger partial charge in [0.25, 0.3) is 5.56 Å². The SMILES string of the molecule is O=c1c(Cl)c(NC2CCCC2CCO)cnn1Cc1ccccc1. The van der Waals surface area contributed by atoms with Crippen molar-refractivity contribution < 1.29 is 5.11 Å². The molecule has 1 aliphatic carbocycles. The van der Waals surface area contributed by atoms with Crippen molar-refractivity contribution in [3.8, 4) is 0 Å². The third kappa shape index (κ3) is 3.79. The molecule has 2 unspecified atom stereocenters. The van der Waals surface area contributed by atoms with Crippen LogP contribution in [0, 0.1) is 5.92 Å². The minimum absolute atomic E-state index is 0.176. The second-order valence-electron chi connectivity index (χ2n) is 6.27. The third-order valence-electron chi connectivity index (χ3n) is 4.66. The zero-order valence-corrected chi connectivity index (χ0v) is 14.2. The van der Waals surface area contributed by atoms with Crippen LogP contribution < -0.4 is 10.9 Å². The molecule has 1 aliphatic rings. The standard InChI is InChI=1S/C18H22ClN3O2/c19-17-16(21-15-8-4-7-14(15)9-10-23)11-20-22(18(17)24)12-13-5-2-1-3-6-13/h1-3,5-6,11,14-15,21,23H,4,7-10,12H2. The number of nitrogens with zero attached hydrogens (tertiary/aromatic N) is 2. The van der Waals surface area contributed by atoms with E-state index in [-0.39, 0.29) is 23.2 Å². The maximum absolute atomic E-state index is 12.5. The highest BCUT2D eigenvalue weighted by Crippen LogP contribution is 2.31. The van der Waals surface area contributed by atoms with E-state index in [2.05, 4.69) is 10.4 Å². The van der Waals surface area contributed by atoms with E-state index in [0.29, 0.717) is 18.2 Å². The fraction of sp³-hybridized carbons (Fsp3) is 0.444. The molecule has 0 saturated heterocycles. The van der Waals surface area contributed by atoms with Crippen LogP contribution in [0.2, 0.25) is 5.02 Å². The number of halogens is 1. The van der Waals surface area contributed by atoms with E-state index in [1.54, 1.807) is 6.20 Å². The van der Waals surface area contributed by atoms with Crippen LogP contribution in [0.15, 0.2) is 41.3 Å². The molecule has 5 nitrogen and oxygen atoms in total. The van der Waals surface area contributed by atoms with E-state index < -0.39 is 0 Å². The van der Waals surface area contributed by atoms with Gasteiger partial charge < -0.3 is 10.4 Å². The van der Waals surface area contributed by atoms with Gasteiger partial charge in [0.05, 0.1) is 18.4 Å². The van der Waals surface area contributed by atoms with E-state index in [4.69, 9.17) is 16.7 Å². The van der Waals surface area contributed by atoms with Gasteiger partial charge in [0.15, 0.2) is 0 Å². The molecular weight excluding hydrogens is 326 g/mol. The molecule has 0 radical (unpaired) electrons. The Labute approximate surface area is 146 Å². The molecule has 2 N–H and O–H groups in total. The fourth-order valence-electron chi connectivity index (χ4n) is 3.37. The number of aliphatic hydroxyl groups excluding tert-OH is 1. The molecule has 2 aromatic rings. The lowest BCUT2D eigenvalue weighted by Crippen LogP contribution is -2.29. The predicted octanol–water partition coefficient (Wildman–Crippen LogP) is 2.91. The van der Waals surface area contributed by atoms with E-state index in [1.165, 1.54) is 4.68 Å². The average molecular weight is 348 g/mol. The van der Waals surface area contributed by atoms with Gasteiger partial charge in [0, 0.05) is 12.6 Å². The molecule has 2 atom stereocenters.